The zero-order chi connectivity index (χ0) is 12.7. The summed E-state index contributed by atoms with van der Waals surface area (Å²) >= 11 is 0. The molecule has 17 heavy (non-hydrogen) atoms. The summed E-state index contributed by atoms with van der Waals surface area (Å²) in [4.78, 5) is 0. The number of nitrogens with one attached hydrogen (secondary N) is 1. The van der Waals surface area contributed by atoms with E-state index in [1.165, 1.54) is 5.56 Å². The minimum absolute atomic E-state index is 0.119. The van der Waals surface area contributed by atoms with Crippen molar-refractivity contribution in [1.29, 1.82) is 0 Å². The highest BCUT2D eigenvalue weighted by atomic mass is 16.5. The second kappa shape index (κ2) is 6.45. The van der Waals surface area contributed by atoms with Crippen molar-refractivity contribution in [3.05, 3.63) is 42.5 Å². The first-order valence-corrected chi connectivity index (χ1v) is 6.09. The third kappa shape index (κ3) is 5.55. The van der Waals surface area contributed by atoms with Crippen LogP contribution < -0.4 is 10.1 Å². The molecule has 0 aliphatic heterocycles. The Morgan fingerprint density at radius 1 is 1.29 bits per heavy atom. The van der Waals surface area contributed by atoms with E-state index >= 15 is 0 Å². The molecule has 2 heteroatoms. The topological polar surface area (TPSA) is 21.3 Å². The van der Waals surface area contributed by atoms with E-state index in [-0.39, 0.29) is 5.54 Å². The first kappa shape index (κ1) is 13.8. The monoisotopic (exact) mass is 233 g/mol. The molecule has 0 fully saturated rings. The maximum Gasteiger partial charge on any atom is 0.123 e. The molecule has 1 rings (SSSR count). The first-order valence-electron chi connectivity index (χ1n) is 6.09. The molecular formula is C15H23NO. The summed E-state index contributed by atoms with van der Waals surface area (Å²) in [5, 5.41) is 3.47. The SMILES string of the molecule is C=CCCOc1ccccc1CNC(C)(C)C. The Balaban J connectivity index is 2.60. The van der Waals surface area contributed by atoms with Crippen molar-refractivity contribution < 1.29 is 4.74 Å². The fourth-order valence-corrected chi connectivity index (χ4v) is 1.40. The number of benzene rings is 1. The Hall–Kier alpha value is -1.28. The van der Waals surface area contributed by atoms with E-state index in [1.54, 1.807) is 0 Å². The molecular weight excluding hydrogens is 210 g/mol. The van der Waals surface area contributed by atoms with Crippen LogP contribution in [0.25, 0.3) is 0 Å². The molecule has 0 unspecified atom stereocenters. The van der Waals surface area contributed by atoms with E-state index in [9.17, 15) is 0 Å². The van der Waals surface area contributed by atoms with Crippen LogP contribution in [0.15, 0.2) is 36.9 Å². The lowest BCUT2D eigenvalue weighted by molar-refractivity contribution is 0.318. The van der Waals surface area contributed by atoms with Crippen molar-refractivity contribution in [1.82, 2.24) is 5.32 Å². The van der Waals surface area contributed by atoms with Crippen LogP contribution in [-0.4, -0.2) is 12.1 Å². The molecule has 1 aromatic carbocycles. The van der Waals surface area contributed by atoms with E-state index in [4.69, 9.17) is 4.74 Å². The number of ether oxygens (including phenoxy) is 1. The van der Waals surface area contributed by atoms with Gasteiger partial charge in [-0.3, -0.25) is 0 Å². The van der Waals surface area contributed by atoms with Crippen LogP contribution in [0.1, 0.15) is 32.8 Å². The van der Waals surface area contributed by atoms with Crippen LogP contribution in [0.4, 0.5) is 0 Å². The number of hydrogen-bond acceptors (Lipinski definition) is 2. The number of para-hydroxylation sites is 1. The average Bonchev–Trinajstić information content (AvgIpc) is 2.27. The molecule has 2 nitrogen and oxygen atoms in total. The van der Waals surface area contributed by atoms with Gasteiger partial charge in [0.15, 0.2) is 0 Å². The Kier molecular flexibility index (Phi) is 5.23. The molecule has 0 saturated carbocycles. The van der Waals surface area contributed by atoms with Crippen LogP contribution >= 0.6 is 0 Å². The molecule has 1 N–H and O–H groups in total. The fourth-order valence-electron chi connectivity index (χ4n) is 1.40. The van der Waals surface area contributed by atoms with Gasteiger partial charge in [0.05, 0.1) is 6.61 Å². The summed E-state index contributed by atoms with van der Waals surface area (Å²) in [6.45, 7) is 11.7. The molecule has 0 saturated heterocycles. The first-order chi connectivity index (χ1) is 8.03. The number of rotatable bonds is 6. The smallest absolute Gasteiger partial charge is 0.123 e. The summed E-state index contributed by atoms with van der Waals surface area (Å²) in [6, 6.07) is 8.16. The van der Waals surface area contributed by atoms with Gasteiger partial charge < -0.3 is 10.1 Å². The van der Waals surface area contributed by atoms with Gasteiger partial charge in [-0.15, -0.1) is 6.58 Å². The van der Waals surface area contributed by atoms with Gasteiger partial charge in [-0.1, -0.05) is 24.3 Å². The lowest BCUT2D eigenvalue weighted by Gasteiger charge is -2.21. The molecule has 0 atom stereocenters. The zero-order valence-corrected chi connectivity index (χ0v) is 11.1. The van der Waals surface area contributed by atoms with Crippen molar-refractivity contribution in [3.63, 3.8) is 0 Å². The minimum atomic E-state index is 0.119. The lowest BCUT2D eigenvalue weighted by Crippen LogP contribution is -2.35. The summed E-state index contributed by atoms with van der Waals surface area (Å²) in [6.07, 6.45) is 2.75. The van der Waals surface area contributed by atoms with Crippen molar-refractivity contribution in [2.75, 3.05) is 6.61 Å². The summed E-state index contributed by atoms with van der Waals surface area (Å²) in [5.41, 5.74) is 1.32. The van der Waals surface area contributed by atoms with Crippen LogP contribution in [0, 0.1) is 0 Å². The zero-order valence-electron chi connectivity index (χ0n) is 11.1. The third-order valence-corrected chi connectivity index (χ3v) is 2.36. The van der Waals surface area contributed by atoms with E-state index in [2.05, 4.69) is 38.7 Å². The highest BCUT2D eigenvalue weighted by Gasteiger charge is 2.10. The molecule has 0 aliphatic carbocycles. The molecule has 0 spiro atoms. The lowest BCUT2D eigenvalue weighted by atomic mass is 10.1. The molecule has 0 radical (unpaired) electrons. The van der Waals surface area contributed by atoms with Gasteiger partial charge in [0.1, 0.15) is 5.75 Å². The van der Waals surface area contributed by atoms with Crippen LogP contribution in [0.2, 0.25) is 0 Å². The highest BCUT2D eigenvalue weighted by Crippen LogP contribution is 2.18. The normalized spacial score (nSPS) is 11.2. The largest absolute Gasteiger partial charge is 0.493 e. The molecule has 0 aliphatic rings. The predicted octanol–water partition coefficient (Wildman–Crippen LogP) is 3.53. The van der Waals surface area contributed by atoms with Crippen molar-refractivity contribution in [3.8, 4) is 5.75 Å². The predicted molar refractivity (Wildman–Crippen MR) is 73.3 cm³/mol. The highest BCUT2D eigenvalue weighted by molar-refractivity contribution is 5.33. The molecule has 94 valence electrons. The maximum atomic E-state index is 5.73. The standard InChI is InChI=1S/C15H23NO/c1-5-6-11-17-14-10-8-7-9-13(14)12-16-15(2,3)4/h5,7-10,16H,1,6,11-12H2,2-4H3. The second-order valence-corrected chi connectivity index (χ2v) is 5.14. The van der Waals surface area contributed by atoms with Gasteiger partial charge in [-0.25, -0.2) is 0 Å². The molecule has 0 bridgehead atoms. The van der Waals surface area contributed by atoms with Crippen LogP contribution in [0.5, 0.6) is 5.75 Å². The van der Waals surface area contributed by atoms with Gasteiger partial charge in [0, 0.05) is 17.6 Å². The number of hydrogen-bond donors (Lipinski definition) is 1. The third-order valence-electron chi connectivity index (χ3n) is 2.36. The van der Waals surface area contributed by atoms with Gasteiger partial charge in [-0.05, 0) is 33.3 Å². The van der Waals surface area contributed by atoms with Crippen molar-refractivity contribution in [2.45, 2.75) is 39.3 Å². The van der Waals surface area contributed by atoms with Crippen molar-refractivity contribution in [2.24, 2.45) is 0 Å². The van der Waals surface area contributed by atoms with Crippen LogP contribution in [-0.2, 0) is 6.54 Å². The van der Waals surface area contributed by atoms with E-state index < -0.39 is 0 Å². The van der Waals surface area contributed by atoms with Crippen LogP contribution in [0.3, 0.4) is 0 Å². The summed E-state index contributed by atoms with van der Waals surface area (Å²) in [5.74, 6) is 0.964. The van der Waals surface area contributed by atoms with Gasteiger partial charge in [0.2, 0.25) is 0 Å². The van der Waals surface area contributed by atoms with Crippen molar-refractivity contribution >= 4 is 0 Å². The summed E-state index contributed by atoms with van der Waals surface area (Å²) < 4.78 is 5.73. The Morgan fingerprint density at radius 2 is 2.00 bits per heavy atom. The summed E-state index contributed by atoms with van der Waals surface area (Å²) in [7, 11) is 0. The molecule has 0 heterocycles. The second-order valence-electron chi connectivity index (χ2n) is 5.14. The molecule has 0 aromatic heterocycles. The Bertz CT molecular complexity index is 352. The molecule has 1 aromatic rings. The van der Waals surface area contributed by atoms with E-state index in [1.807, 2.05) is 24.3 Å². The molecule has 0 amide bonds. The van der Waals surface area contributed by atoms with Gasteiger partial charge >= 0.3 is 0 Å². The Morgan fingerprint density at radius 3 is 2.65 bits per heavy atom. The average molecular weight is 233 g/mol. The van der Waals surface area contributed by atoms with E-state index in [0.717, 1.165) is 18.7 Å². The maximum absolute atomic E-state index is 5.73. The fraction of sp³-hybridized carbons (Fsp3) is 0.467. The van der Waals surface area contributed by atoms with Gasteiger partial charge in [-0.2, -0.15) is 0 Å². The van der Waals surface area contributed by atoms with E-state index in [0.29, 0.717) is 6.61 Å². The van der Waals surface area contributed by atoms with Gasteiger partial charge in [0.25, 0.3) is 0 Å². The Labute approximate surface area is 105 Å². The quantitative estimate of drug-likeness (QED) is 0.599. The minimum Gasteiger partial charge on any atom is -0.493 e.